The largest absolute Gasteiger partial charge is 0.472 e. The average Bonchev–Trinajstić information content (AvgIpc) is 0.902. The zero-order valence-corrected chi connectivity index (χ0v) is 68.4. The third kappa shape index (κ3) is 77.4. The van der Waals surface area contributed by atoms with Crippen LogP contribution in [0.2, 0.25) is 0 Å². The molecule has 0 spiro atoms. The lowest BCUT2D eigenvalue weighted by Gasteiger charge is -2.21. The van der Waals surface area contributed by atoms with Crippen molar-refractivity contribution in [1.82, 2.24) is 0 Å². The normalized spacial score (nSPS) is 14.5. The Balaban J connectivity index is 5.42. The van der Waals surface area contributed by atoms with Crippen LogP contribution in [0.5, 0.6) is 0 Å². The first-order valence-corrected chi connectivity index (χ1v) is 44.4. The van der Waals surface area contributed by atoms with Crippen LogP contribution in [-0.4, -0.2) is 96.7 Å². The van der Waals surface area contributed by atoms with Gasteiger partial charge < -0.3 is 33.8 Å². The highest BCUT2D eigenvalue weighted by atomic mass is 31.2. The molecular weight excluding hydrogens is 1380 g/mol. The zero-order chi connectivity index (χ0) is 77.4. The lowest BCUT2D eigenvalue weighted by Crippen LogP contribution is -2.30. The number of carbonyl (C=O) groups is 4. The standard InChI is InChI=1S/C87H148O17P2/c1-5-9-13-17-21-25-29-33-37-40-44-47-51-55-59-63-67-71-84(89)97-77-82(103-86(91)73-69-65-61-57-53-49-43-36-32-28-24-20-16-12-8-4)79-101-105(93,94)99-75-81(88)76-100-106(95,96)102-80-83(104-87(92)74-70-66-62-58-54-50-46-42-39-35-31-27-23-19-15-11-7-3)78-98-85(90)72-68-64-60-56-52-48-45-41-38-34-30-26-22-18-14-10-6-2/h9-11,13-15,21-23,25-27,33-35,37-39,45-46,48,50,81-83,88H,5-8,12,16-20,24,28-32,36,40-44,47,49,51-80H2,1-4H3,(H,93,94)(H,95,96)/b13-9-,14-10-,15-11-,25-21-,26-22-,27-23-,37-33-,38-34-,39-35-,48-45-,50-46-. The van der Waals surface area contributed by atoms with Crippen LogP contribution in [0.3, 0.4) is 0 Å². The van der Waals surface area contributed by atoms with Crippen molar-refractivity contribution < 1.29 is 80.2 Å². The van der Waals surface area contributed by atoms with Crippen LogP contribution in [0.4, 0.5) is 0 Å². The van der Waals surface area contributed by atoms with Crippen molar-refractivity contribution in [2.45, 2.75) is 354 Å². The molecule has 106 heavy (non-hydrogen) atoms. The maximum atomic E-state index is 13.1. The summed E-state index contributed by atoms with van der Waals surface area (Å²) in [5.74, 6) is -2.23. The minimum atomic E-state index is -5.00. The Kier molecular flexibility index (Phi) is 74.8. The van der Waals surface area contributed by atoms with Gasteiger partial charge in [-0.3, -0.25) is 37.3 Å². The topological polar surface area (TPSA) is 237 Å². The van der Waals surface area contributed by atoms with Crippen LogP contribution in [0, 0.1) is 0 Å². The molecule has 0 amide bonds. The molecule has 0 rings (SSSR count). The van der Waals surface area contributed by atoms with Gasteiger partial charge in [0.05, 0.1) is 26.4 Å². The molecule has 5 atom stereocenters. The average molecular weight is 1530 g/mol. The lowest BCUT2D eigenvalue weighted by molar-refractivity contribution is -0.161. The van der Waals surface area contributed by atoms with Crippen LogP contribution in [-0.2, 0) is 65.4 Å². The molecule has 0 fully saturated rings. The summed E-state index contributed by atoms with van der Waals surface area (Å²) in [6.07, 6.45) is 88.4. The lowest BCUT2D eigenvalue weighted by atomic mass is 10.0. The van der Waals surface area contributed by atoms with Gasteiger partial charge in [-0.15, -0.1) is 0 Å². The van der Waals surface area contributed by atoms with Crippen LogP contribution in [0.15, 0.2) is 134 Å². The number of phosphoric ester groups is 2. The second-order valence-electron chi connectivity index (χ2n) is 27.3. The fourth-order valence-electron chi connectivity index (χ4n) is 10.9. The maximum absolute atomic E-state index is 13.1. The third-order valence-electron chi connectivity index (χ3n) is 17.1. The van der Waals surface area contributed by atoms with Crippen LogP contribution >= 0.6 is 15.6 Å². The van der Waals surface area contributed by atoms with Gasteiger partial charge >= 0.3 is 39.5 Å². The van der Waals surface area contributed by atoms with Crippen molar-refractivity contribution in [1.29, 1.82) is 0 Å². The molecule has 0 aliphatic carbocycles. The maximum Gasteiger partial charge on any atom is 0.472 e. The Morgan fingerprint density at radius 3 is 0.755 bits per heavy atom. The summed E-state index contributed by atoms with van der Waals surface area (Å²) in [5.41, 5.74) is 0. The number of esters is 4. The minimum absolute atomic E-state index is 0.0584. The number of carbonyl (C=O) groups excluding carboxylic acids is 4. The van der Waals surface area contributed by atoms with E-state index in [4.69, 9.17) is 37.0 Å². The van der Waals surface area contributed by atoms with Gasteiger partial charge in [0.1, 0.15) is 19.3 Å². The molecule has 0 heterocycles. The number of unbranched alkanes of at least 4 members (excludes halogenated alkanes) is 29. The van der Waals surface area contributed by atoms with E-state index in [2.05, 4.69) is 161 Å². The smallest absolute Gasteiger partial charge is 0.462 e. The predicted octanol–water partition coefficient (Wildman–Crippen LogP) is 24.4. The Morgan fingerprint density at radius 2 is 0.491 bits per heavy atom. The molecule has 608 valence electrons. The van der Waals surface area contributed by atoms with Crippen molar-refractivity contribution in [2.75, 3.05) is 39.6 Å². The van der Waals surface area contributed by atoms with Crippen molar-refractivity contribution in [3.8, 4) is 0 Å². The highest BCUT2D eigenvalue weighted by Crippen LogP contribution is 2.45. The summed E-state index contributed by atoms with van der Waals surface area (Å²) in [7, 11) is -9.98. The Hall–Kier alpha value is -4.80. The van der Waals surface area contributed by atoms with Gasteiger partial charge in [-0.05, 0) is 135 Å². The summed E-state index contributed by atoms with van der Waals surface area (Å²) >= 11 is 0. The van der Waals surface area contributed by atoms with Crippen molar-refractivity contribution >= 4 is 39.5 Å². The van der Waals surface area contributed by atoms with Gasteiger partial charge in [0.25, 0.3) is 0 Å². The van der Waals surface area contributed by atoms with Crippen molar-refractivity contribution in [2.24, 2.45) is 0 Å². The highest BCUT2D eigenvalue weighted by molar-refractivity contribution is 7.47. The molecule has 0 saturated heterocycles. The van der Waals surface area contributed by atoms with Crippen LogP contribution in [0.1, 0.15) is 336 Å². The highest BCUT2D eigenvalue weighted by Gasteiger charge is 2.30. The number of hydrogen-bond acceptors (Lipinski definition) is 15. The number of phosphoric acid groups is 2. The third-order valence-corrected chi connectivity index (χ3v) is 19.0. The molecule has 0 aliphatic rings. The van der Waals surface area contributed by atoms with E-state index in [0.29, 0.717) is 25.7 Å². The van der Waals surface area contributed by atoms with E-state index in [1.807, 2.05) is 0 Å². The number of ether oxygens (including phenoxy) is 4. The summed E-state index contributed by atoms with van der Waals surface area (Å²) in [6.45, 7) is 4.51. The minimum Gasteiger partial charge on any atom is -0.462 e. The molecule has 19 heteroatoms. The molecule has 17 nitrogen and oxygen atoms in total. The molecule has 5 unspecified atom stereocenters. The van der Waals surface area contributed by atoms with E-state index in [0.717, 1.165) is 193 Å². The number of rotatable bonds is 77. The molecule has 0 bridgehead atoms. The van der Waals surface area contributed by atoms with Gasteiger partial charge in [0, 0.05) is 25.7 Å². The van der Waals surface area contributed by atoms with Crippen LogP contribution in [0.25, 0.3) is 0 Å². The number of allylic oxidation sites excluding steroid dienone is 22. The number of aliphatic hydroxyl groups excluding tert-OH is 1. The second kappa shape index (κ2) is 78.3. The number of hydrogen-bond donors (Lipinski definition) is 3. The molecule has 0 saturated carbocycles. The van der Waals surface area contributed by atoms with Gasteiger partial charge in [-0.1, -0.05) is 309 Å². The van der Waals surface area contributed by atoms with Gasteiger partial charge in [0.15, 0.2) is 12.2 Å². The summed E-state index contributed by atoms with van der Waals surface area (Å²) in [6, 6.07) is 0. The Morgan fingerprint density at radius 1 is 0.274 bits per heavy atom. The SMILES string of the molecule is CC/C=C\C/C=C\C/C=C\C/C=C\CCCCCCC(=O)OCC(COP(=O)(O)OCC(O)COP(=O)(O)OCC(COC(=O)CCCCCCCCC/C=C\C/C=C\C/C=C\CC)OC(=O)CCCCCCCCCCCCCCCCC)OC(=O)CCCCCC/C=C\C/C=C\C/C=C\C/C=C\CC. The molecular formula is C87H148O17P2. The second-order valence-corrected chi connectivity index (χ2v) is 30.2. The first kappa shape index (κ1) is 101. The molecule has 0 aliphatic heterocycles. The van der Waals surface area contributed by atoms with Gasteiger partial charge in [-0.2, -0.15) is 0 Å². The van der Waals surface area contributed by atoms with E-state index in [1.165, 1.54) is 64.2 Å². The molecule has 0 aromatic rings. The first-order chi connectivity index (χ1) is 51.7. The zero-order valence-electron chi connectivity index (χ0n) is 66.6. The summed E-state index contributed by atoms with van der Waals surface area (Å²) in [5, 5.41) is 10.7. The molecule has 0 radical (unpaired) electrons. The monoisotopic (exact) mass is 1530 g/mol. The van der Waals surface area contributed by atoms with Crippen molar-refractivity contribution in [3.63, 3.8) is 0 Å². The van der Waals surface area contributed by atoms with E-state index < -0.39 is 97.5 Å². The molecule has 0 aromatic heterocycles. The van der Waals surface area contributed by atoms with E-state index in [-0.39, 0.29) is 25.7 Å². The van der Waals surface area contributed by atoms with E-state index >= 15 is 0 Å². The van der Waals surface area contributed by atoms with E-state index in [1.54, 1.807) is 0 Å². The molecule has 0 aromatic carbocycles. The fraction of sp³-hybridized carbons (Fsp3) is 0.701. The molecule has 3 N–H and O–H groups in total. The predicted molar refractivity (Wildman–Crippen MR) is 436 cm³/mol. The number of aliphatic hydroxyl groups is 1. The van der Waals surface area contributed by atoms with Gasteiger partial charge in [-0.25, -0.2) is 9.13 Å². The Bertz CT molecular complexity index is 2530. The Labute approximate surface area is 644 Å². The quantitative estimate of drug-likeness (QED) is 0.0169. The van der Waals surface area contributed by atoms with E-state index in [9.17, 15) is 43.2 Å². The summed E-state index contributed by atoms with van der Waals surface area (Å²) in [4.78, 5) is 73.2. The van der Waals surface area contributed by atoms with Gasteiger partial charge in [0.2, 0.25) is 0 Å². The fourth-order valence-corrected chi connectivity index (χ4v) is 12.5. The first-order valence-electron chi connectivity index (χ1n) is 41.4. The summed E-state index contributed by atoms with van der Waals surface area (Å²) < 4.78 is 68.7. The van der Waals surface area contributed by atoms with Crippen molar-refractivity contribution in [3.05, 3.63) is 134 Å². The van der Waals surface area contributed by atoms with Crippen LogP contribution < -0.4 is 0 Å².